The molecule has 64 heavy (non-hydrogen) atoms. The highest BCUT2D eigenvalue weighted by molar-refractivity contribution is 6.08. The van der Waals surface area contributed by atoms with Crippen LogP contribution in [0, 0.1) is 13.8 Å². The molecule has 0 aliphatic heterocycles. The third-order valence-corrected chi connectivity index (χ3v) is 11.3. The summed E-state index contributed by atoms with van der Waals surface area (Å²) in [6.45, 7) is 4.05. The summed E-state index contributed by atoms with van der Waals surface area (Å²) in [5, 5.41) is 4.75. The van der Waals surface area contributed by atoms with Crippen molar-refractivity contribution in [3.05, 3.63) is 200 Å². The molecule has 302 valence electrons. The standard InChI is InChI=1S/C55H37N9/c1-34-10-19-47(57-29-34)39-16-21-48(59-31-39)43-25-42(38-15-14-37-13-12-36-7-3-4-8-45(36)46(37)28-38)26-44(27-43)55-63-53(40-17-22-51(60-32-40)49-9-5-6-24-56-49)62-54(64-55)41-18-23-52(61-33-41)50-20-11-35(2)30-58-50/h3-33H,1-2H3. The van der Waals surface area contributed by atoms with Gasteiger partial charge < -0.3 is 0 Å². The number of benzene rings is 4. The van der Waals surface area contributed by atoms with Gasteiger partial charge in [-0.15, -0.1) is 0 Å². The van der Waals surface area contributed by atoms with Crippen molar-refractivity contribution in [1.82, 2.24) is 44.9 Å². The Morgan fingerprint density at radius 1 is 0.281 bits per heavy atom. The van der Waals surface area contributed by atoms with Gasteiger partial charge in [-0.05, 0) is 143 Å². The second-order valence-electron chi connectivity index (χ2n) is 15.8. The van der Waals surface area contributed by atoms with Gasteiger partial charge in [0.1, 0.15) is 0 Å². The van der Waals surface area contributed by atoms with Crippen LogP contribution in [0.5, 0.6) is 0 Å². The Kier molecular flexibility index (Phi) is 9.74. The minimum absolute atomic E-state index is 0.474. The third-order valence-electron chi connectivity index (χ3n) is 11.3. The summed E-state index contributed by atoms with van der Waals surface area (Å²) in [5.74, 6) is 1.44. The maximum atomic E-state index is 5.16. The average molecular weight is 824 g/mol. The van der Waals surface area contributed by atoms with Crippen molar-refractivity contribution in [1.29, 1.82) is 0 Å². The number of aryl methyl sites for hydroxylation is 2. The number of rotatable bonds is 8. The van der Waals surface area contributed by atoms with E-state index in [1.165, 1.54) is 21.5 Å². The van der Waals surface area contributed by atoms with Crippen molar-refractivity contribution in [2.45, 2.75) is 13.8 Å². The highest BCUT2D eigenvalue weighted by Crippen LogP contribution is 2.36. The van der Waals surface area contributed by atoms with E-state index in [2.05, 4.69) is 99.9 Å². The molecule has 0 radical (unpaired) electrons. The number of pyridine rings is 6. The van der Waals surface area contributed by atoms with E-state index >= 15 is 0 Å². The van der Waals surface area contributed by atoms with Gasteiger partial charge in [0.2, 0.25) is 0 Å². The zero-order chi connectivity index (χ0) is 43.0. The molecular weight excluding hydrogens is 787 g/mol. The predicted octanol–water partition coefficient (Wildman–Crippen LogP) is 12.5. The molecule has 0 atom stereocenters. The van der Waals surface area contributed by atoms with E-state index in [9.17, 15) is 0 Å². The highest BCUT2D eigenvalue weighted by Gasteiger charge is 2.17. The third kappa shape index (κ3) is 7.63. The molecule has 9 nitrogen and oxygen atoms in total. The largest absolute Gasteiger partial charge is 0.256 e. The molecule has 7 aromatic heterocycles. The van der Waals surface area contributed by atoms with Crippen LogP contribution in [0.4, 0.5) is 0 Å². The monoisotopic (exact) mass is 823 g/mol. The van der Waals surface area contributed by atoms with Crippen molar-refractivity contribution >= 4 is 21.5 Å². The Balaban J connectivity index is 1.07. The Labute approximate surface area is 369 Å². The van der Waals surface area contributed by atoms with E-state index in [4.69, 9.17) is 29.9 Å². The first-order valence-corrected chi connectivity index (χ1v) is 21.0. The molecule has 0 spiro atoms. The Bertz CT molecular complexity index is 3470. The summed E-state index contributed by atoms with van der Waals surface area (Å²) < 4.78 is 0. The van der Waals surface area contributed by atoms with E-state index in [1.807, 2.05) is 99.2 Å². The summed E-state index contributed by atoms with van der Waals surface area (Å²) in [6.07, 6.45) is 10.9. The van der Waals surface area contributed by atoms with E-state index in [-0.39, 0.29) is 0 Å². The molecule has 0 unspecified atom stereocenters. The van der Waals surface area contributed by atoms with Gasteiger partial charge in [-0.3, -0.25) is 29.9 Å². The van der Waals surface area contributed by atoms with Gasteiger partial charge in [0.25, 0.3) is 0 Å². The molecule has 0 saturated carbocycles. The van der Waals surface area contributed by atoms with Crippen molar-refractivity contribution in [2.75, 3.05) is 0 Å². The summed E-state index contributed by atoms with van der Waals surface area (Å²) in [6, 6.07) is 51.8. The Morgan fingerprint density at radius 3 is 1.36 bits per heavy atom. The van der Waals surface area contributed by atoms with Crippen LogP contribution in [0.2, 0.25) is 0 Å². The summed E-state index contributed by atoms with van der Waals surface area (Å²) in [7, 11) is 0. The molecule has 0 bridgehead atoms. The van der Waals surface area contributed by atoms with Crippen molar-refractivity contribution in [3.8, 4) is 90.6 Å². The minimum atomic E-state index is 0.474. The Hall–Kier alpha value is -8.69. The van der Waals surface area contributed by atoms with Crippen LogP contribution in [0.3, 0.4) is 0 Å². The lowest BCUT2D eigenvalue weighted by atomic mass is 9.94. The van der Waals surface area contributed by atoms with E-state index in [0.717, 1.165) is 84.2 Å². The van der Waals surface area contributed by atoms with Gasteiger partial charge in [0, 0.05) is 65.0 Å². The van der Waals surface area contributed by atoms with Gasteiger partial charge >= 0.3 is 0 Å². The lowest BCUT2D eigenvalue weighted by Crippen LogP contribution is -2.01. The quantitative estimate of drug-likeness (QED) is 0.138. The first kappa shape index (κ1) is 38.2. The Morgan fingerprint density at radius 2 is 0.750 bits per heavy atom. The van der Waals surface area contributed by atoms with Crippen molar-refractivity contribution in [2.24, 2.45) is 0 Å². The summed E-state index contributed by atoms with van der Waals surface area (Å²) in [4.78, 5) is 43.6. The van der Waals surface area contributed by atoms with Crippen LogP contribution in [0.1, 0.15) is 11.1 Å². The van der Waals surface area contributed by atoms with Crippen LogP contribution < -0.4 is 0 Å². The summed E-state index contributed by atoms with van der Waals surface area (Å²) in [5.41, 5.74) is 13.1. The molecule has 0 fully saturated rings. The molecule has 0 amide bonds. The van der Waals surface area contributed by atoms with Crippen molar-refractivity contribution < 1.29 is 0 Å². The first-order chi connectivity index (χ1) is 31.5. The smallest absolute Gasteiger partial charge is 0.165 e. The molecule has 0 aliphatic carbocycles. The molecule has 0 saturated heterocycles. The second-order valence-corrected chi connectivity index (χ2v) is 15.8. The normalized spacial score (nSPS) is 11.3. The predicted molar refractivity (Wildman–Crippen MR) is 255 cm³/mol. The molecule has 7 heterocycles. The lowest BCUT2D eigenvalue weighted by molar-refractivity contribution is 1.07. The average Bonchev–Trinajstić information content (AvgIpc) is 3.37. The molecule has 11 aromatic rings. The van der Waals surface area contributed by atoms with E-state index in [1.54, 1.807) is 18.6 Å². The molecule has 9 heteroatoms. The fourth-order valence-electron chi connectivity index (χ4n) is 7.86. The van der Waals surface area contributed by atoms with Gasteiger partial charge in [-0.2, -0.15) is 0 Å². The van der Waals surface area contributed by atoms with Crippen LogP contribution in [-0.2, 0) is 0 Å². The highest BCUT2D eigenvalue weighted by atomic mass is 15.0. The number of fused-ring (bicyclic) bond motifs is 3. The van der Waals surface area contributed by atoms with Crippen LogP contribution in [0.15, 0.2) is 189 Å². The first-order valence-electron chi connectivity index (χ1n) is 21.0. The fourth-order valence-corrected chi connectivity index (χ4v) is 7.86. The second kappa shape index (κ2) is 16.3. The van der Waals surface area contributed by atoms with Gasteiger partial charge in [-0.1, -0.05) is 66.7 Å². The molecule has 0 aliphatic rings. The zero-order valence-electron chi connectivity index (χ0n) is 34.9. The lowest BCUT2D eigenvalue weighted by Gasteiger charge is -2.13. The van der Waals surface area contributed by atoms with Gasteiger partial charge in [0.15, 0.2) is 17.5 Å². The SMILES string of the molecule is Cc1ccc(-c2ccc(-c3cc(-c4ccc5ccc6ccccc6c5c4)cc(-c4nc(-c5ccc(-c6ccccn6)nc5)nc(-c5ccc(-c6ccc(C)cn6)nc5)n4)c3)nc2)nc1. The van der Waals surface area contributed by atoms with Crippen molar-refractivity contribution in [3.63, 3.8) is 0 Å². The maximum absolute atomic E-state index is 5.16. The molecular formula is C55H37N9. The molecule has 0 N–H and O–H groups in total. The van der Waals surface area contributed by atoms with Gasteiger partial charge in [0.05, 0.1) is 34.2 Å². The maximum Gasteiger partial charge on any atom is 0.165 e. The number of hydrogen-bond donors (Lipinski definition) is 0. The summed E-state index contributed by atoms with van der Waals surface area (Å²) >= 11 is 0. The van der Waals surface area contributed by atoms with E-state index < -0.39 is 0 Å². The number of hydrogen-bond acceptors (Lipinski definition) is 9. The van der Waals surface area contributed by atoms with Crippen LogP contribution in [-0.4, -0.2) is 44.9 Å². The number of aromatic nitrogens is 9. The molecule has 11 rings (SSSR count). The zero-order valence-corrected chi connectivity index (χ0v) is 34.9. The topological polar surface area (TPSA) is 116 Å². The van der Waals surface area contributed by atoms with Crippen LogP contribution in [0.25, 0.3) is 112 Å². The fraction of sp³-hybridized carbons (Fsp3) is 0.0364. The van der Waals surface area contributed by atoms with Crippen LogP contribution >= 0.6 is 0 Å². The van der Waals surface area contributed by atoms with Gasteiger partial charge in [-0.25, -0.2) is 15.0 Å². The van der Waals surface area contributed by atoms with E-state index in [0.29, 0.717) is 17.5 Å². The number of nitrogens with zero attached hydrogens (tertiary/aromatic N) is 9. The minimum Gasteiger partial charge on any atom is -0.256 e. The molecule has 4 aromatic carbocycles.